The van der Waals surface area contributed by atoms with Crippen LogP contribution in [0.1, 0.15) is 27.6 Å². The van der Waals surface area contributed by atoms with E-state index in [4.69, 9.17) is 5.73 Å². The van der Waals surface area contributed by atoms with Crippen molar-refractivity contribution in [3.05, 3.63) is 93.4 Å². The second-order valence-corrected chi connectivity index (χ2v) is 8.34. The molecule has 4 rings (SSSR count). The lowest BCUT2D eigenvalue weighted by Crippen LogP contribution is -2.52. The van der Waals surface area contributed by atoms with E-state index in [9.17, 15) is 14.0 Å². The molecule has 2 aromatic carbocycles. The smallest absolute Gasteiger partial charge is 0.235 e. The van der Waals surface area contributed by atoms with E-state index in [1.54, 1.807) is 12.1 Å². The fraction of sp³-hybridized carbons (Fsp3) is 0.217. The third-order valence-electron chi connectivity index (χ3n) is 5.36. The lowest BCUT2D eigenvalue weighted by Gasteiger charge is -2.34. The average Bonchev–Trinajstić information content (AvgIpc) is 3.27. The van der Waals surface area contributed by atoms with Crippen molar-refractivity contribution in [2.45, 2.75) is 25.0 Å². The van der Waals surface area contributed by atoms with E-state index in [-0.39, 0.29) is 24.3 Å². The normalized spacial score (nSPS) is 17.2. The molecule has 3 aromatic rings. The Hall–Kier alpha value is -3.03. The summed E-state index contributed by atoms with van der Waals surface area (Å²) in [6, 6.07) is 16.9. The number of amides is 2. The maximum atomic E-state index is 13.4. The maximum Gasteiger partial charge on any atom is 0.235 e. The van der Waals surface area contributed by atoms with E-state index in [1.807, 2.05) is 46.7 Å². The highest BCUT2D eigenvalue weighted by Crippen LogP contribution is 2.27. The molecule has 0 spiro atoms. The Morgan fingerprint density at radius 2 is 1.83 bits per heavy atom. The van der Waals surface area contributed by atoms with Crippen LogP contribution >= 0.6 is 11.3 Å². The number of carbonyl (C=O) groups is 2. The number of primary amides is 1. The van der Waals surface area contributed by atoms with Crippen molar-refractivity contribution in [2.75, 3.05) is 6.54 Å². The number of halogens is 1. The zero-order valence-electron chi connectivity index (χ0n) is 16.3. The second-order valence-electron chi connectivity index (χ2n) is 7.36. The predicted molar refractivity (Wildman–Crippen MR) is 114 cm³/mol. The summed E-state index contributed by atoms with van der Waals surface area (Å²) < 4.78 is 13.4. The number of hydrogen-bond acceptors (Lipinski definition) is 4. The van der Waals surface area contributed by atoms with Gasteiger partial charge in [0, 0.05) is 11.4 Å². The molecule has 5 nitrogen and oxygen atoms in total. The van der Waals surface area contributed by atoms with Crippen molar-refractivity contribution in [3.8, 4) is 0 Å². The molecular weight excluding hydrogens is 401 g/mol. The van der Waals surface area contributed by atoms with Crippen LogP contribution in [0.4, 0.5) is 4.39 Å². The van der Waals surface area contributed by atoms with Crippen molar-refractivity contribution in [3.63, 3.8) is 0 Å². The molecule has 0 saturated heterocycles. The topological polar surface area (TPSA) is 75.4 Å². The summed E-state index contributed by atoms with van der Waals surface area (Å²) in [5.41, 5.74) is 8.60. The number of nitrogens with one attached hydrogen (secondary N) is 1. The Morgan fingerprint density at radius 1 is 1.10 bits per heavy atom. The fourth-order valence-corrected chi connectivity index (χ4v) is 4.65. The number of thiophene rings is 1. The summed E-state index contributed by atoms with van der Waals surface area (Å²) >= 11 is 1.52. The van der Waals surface area contributed by atoms with E-state index in [2.05, 4.69) is 5.32 Å². The Balaban J connectivity index is 1.53. The van der Waals surface area contributed by atoms with Gasteiger partial charge in [0.2, 0.25) is 11.8 Å². The molecule has 2 heterocycles. The van der Waals surface area contributed by atoms with E-state index in [0.29, 0.717) is 13.0 Å². The van der Waals surface area contributed by atoms with E-state index < -0.39 is 11.9 Å². The van der Waals surface area contributed by atoms with Crippen LogP contribution in [0.2, 0.25) is 0 Å². The van der Waals surface area contributed by atoms with Crippen LogP contribution in [-0.4, -0.2) is 29.3 Å². The highest BCUT2D eigenvalue weighted by molar-refractivity contribution is 7.10. The Kier molecular flexibility index (Phi) is 5.92. The van der Waals surface area contributed by atoms with Crippen molar-refractivity contribution < 1.29 is 14.0 Å². The number of rotatable bonds is 6. The first kappa shape index (κ1) is 20.3. The lowest BCUT2D eigenvalue weighted by atomic mass is 9.93. The van der Waals surface area contributed by atoms with Gasteiger partial charge in [-0.05, 0) is 46.7 Å². The zero-order chi connectivity index (χ0) is 21.1. The fourth-order valence-electron chi connectivity index (χ4n) is 3.84. The van der Waals surface area contributed by atoms with Crippen molar-refractivity contribution in [1.29, 1.82) is 0 Å². The summed E-state index contributed by atoms with van der Waals surface area (Å²) in [4.78, 5) is 27.8. The molecule has 3 N–H and O–H groups in total. The monoisotopic (exact) mass is 423 g/mol. The van der Waals surface area contributed by atoms with Gasteiger partial charge in [0.05, 0.1) is 18.6 Å². The number of carbonyl (C=O) groups excluding carboxylic acids is 2. The second kappa shape index (κ2) is 8.77. The van der Waals surface area contributed by atoms with Gasteiger partial charge in [-0.3, -0.25) is 14.5 Å². The standard InChI is InChI=1S/C23H22FN3O2S/c24-18-9-7-15(8-10-18)22(20-6-3-11-30-20)26-21(28)14-27-13-17-5-2-1-4-16(17)12-19(27)23(25)29/h1-11,19,22H,12-14H2,(H2,25,29)(H,26,28)/t19-,22?/m0/s1. The minimum absolute atomic E-state index is 0.0466. The molecule has 0 aliphatic carbocycles. The van der Waals surface area contributed by atoms with Gasteiger partial charge in [-0.2, -0.15) is 0 Å². The highest BCUT2D eigenvalue weighted by atomic mass is 32.1. The first-order chi connectivity index (χ1) is 14.5. The van der Waals surface area contributed by atoms with Crippen LogP contribution < -0.4 is 11.1 Å². The summed E-state index contributed by atoms with van der Waals surface area (Å²) in [6.07, 6.45) is 0.491. The zero-order valence-corrected chi connectivity index (χ0v) is 17.1. The summed E-state index contributed by atoms with van der Waals surface area (Å²) in [5.74, 6) is -0.986. The molecule has 2 atom stereocenters. The third kappa shape index (κ3) is 4.42. The Morgan fingerprint density at radius 3 is 2.50 bits per heavy atom. The largest absolute Gasteiger partial charge is 0.368 e. The minimum Gasteiger partial charge on any atom is -0.368 e. The number of nitrogens with two attached hydrogens (primary N) is 1. The molecule has 0 bridgehead atoms. The molecule has 1 aliphatic rings. The van der Waals surface area contributed by atoms with Crippen molar-refractivity contribution in [1.82, 2.24) is 10.2 Å². The predicted octanol–water partition coefficient (Wildman–Crippen LogP) is 3.01. The molecule has 30 heavy (non-hydrogen) atoms. The number of fused-ring (bicyclic) bond motifs is 1. The van der Waals surface area contributed by atoms with Crippen LogP contribution in [0, 0.1) is 5.82 Å². The van der Waals surface area contributed by atoms with E-state index in [0.717, 1.165) is 21.6 Å². The van der Waals surface area contributed by atoms with Gasteiger partial charge in [-0.1, -0.05) is 42.5 Å². The molecule has 0 radical (unpaired) electrons. The van der Waals surface area contributed by atoms with Gasteiger partial charge in [0.25, 0.3) is 0 Å². The van der Waals surface area contributed by atoms with Crippen LogP contribution in [0.15, 0.2) is 66.0 Å². The van der Waals surface area contributed by atoms with Gasteiger partial charge in [-0.25, -0.2) is 4.39 Å². The van der Waals surface area contributed by atoms with Crippen LogP contribution in [0.3, 0.4) is 0 Å². The van der Waals surface area contributed by atoms with Gasteiger partial charge in [0.1, 0.15) is 5.82 Å². The van der Waals surface area contributed by atoms with Gasteiger partial charge < -0.3 is 11.1 Å². The lowest BCUT2D eigenvalue weighted by molar-refractivity contribution is -0.127. The summed E-state index contributed by atoms with van der Waals surface area (Å²) in [6.45, 7) is 0.530. The molecule has 1 aromatic heterocycles. The molecule has 154 valence electrons. The molecule has 0 fully saturated rings. The molecule has 7 heteroatoms. The Bertz CT molecular complexity index is 1040. The third-order valence-corrected chi connectivity index (χ3v) is 6.29. The maximum absolute atomic E-state index is 13.4. The van der Waals surface area contributed by atoms with Gasteiger partial charge in [0.15, 0.2) is 0 Å². The Labute approximate surface area is 178 Å². The van der Waals surface area contributed by atoms with Gasteiger partial charge >= 0.3 is 0 Å². The SMILES string of the molecule is NC(=O)[C@@H]1Cc2ccccc2CN1CC(=O)NC(c1ccc(F)cc1)c1cccs1. The number of benzene rings is 2. The average molecular weight is 424 g/mol. The number of hydrogen-bond donors (Lipinski definition) is 2. The highest BCUT2D eigenvalue weighted by Gasteiger charge is 2.31. The molecule has 0 saturated carbocycles. The summed E-state index contributed by atoms with van der Waals surface area (Å²) in [7, 11) is 0. The first-order valence-electron chi connectivity index (χ1n) is 9.69. The summed E-state index contributed by atoms with van der Waals surface area (Å²) in [5, 5.41) is 4.97. The molecular formula is C23H22FN3O2S. The van der Waals surface area contributed by atoms with E-state index >= 15 is 0 Å². The first-order valence-corrected chi connectivity index (χ1v) is 10.6. The molecule has 1 aliphatic heterocycles. The van der Waals surface area contributed by atoms with Crippen LogP contribution in [0.25, 0.3) is 0 Å². The molecule has 2 amide bonds. The van der Waals surface area contributed by atoms with E-state index in [1.165, 1.54) is 23.5 Å². The number of nitrogens with zero attached hydrogens (tertiary/aromatic N) is 1. The molecule has 1 unspecified atom stereocenters. The van der Waals surface area contributed by atoms with Gasteiger partial charge in [-0.15, -0.1) is 11.3 Å². The van der Waals surface area contributed by atoms with Crippen LogP contribution in [-0.2, 0) is 22.6 Å². The van der Waals surface area contributed by atoms with Crippen molar-refractivity contribution in [2.24, 2.45) is 5.73 Å². The van der Waals surface area contributed by atoms with Crippen molar-refractivity contribution >= 4 is 23.2 Å². The minimum atomic E-state index is -0.531. The quantitative estimate of drug-likeness (QED) is 0.640. The van der Waals surface area contributed by atoms with Crippen LogP contribution in [0.5, 0.6) is 0 Å².